The third-order valence-electron chi connectivity index (χ3n) is 4.66. The first-order valence-corrected chi connectivity index (χ1v) is 11.8. The van der Waals surface area contributed by atoms with Crippen LogP contribution in [0.25, 0.3) is 10.2 Å². The van der Waals surface area contributed by atoms with Crippen LogP contribution in [0.15, 0.2) is 24.5 Å². The molecule has 10 heteroatoms. The Labute approximate surface area is 197 Å². The minimum Gasteiger partial charge on any atom is -0.370 e. The Kier molecular flexibility index (Phi) is 9.65. The van der Waals surface area contributed by atoms with Gasteiger partial charge in [0.25, 0.3) is 5.91 Å². The van der Waals surface area contributed by atoms with Crippen LogP contribution in [-0.4, -0.2) is 44.8 Å². The van der Waals surface area contributed by atoms with E-state index in [1.165, 1.54) is 30.5 Å². The summed E-state index contributed by atoms with van der Waals surface area (Å²) >= 11 is 1.53. The van der Waals surface area contributed by atoms with Gasteiger partial charge in [0.05, 0.1) is 22.5 Å². The highest BCUT2D eigenvalue weighted by Gasteiger charge is 2.25. The molecule has 4 heterocycles. The van der Waals surface area contributed by atoms with E-state index in [9.17, 15) is 14.0 Å². The van der Waals surface area contributed by atoms with Crippen LogP contribution in [0.2, 0.25) is 0 Å². The van der Waals surface area contributed by atoms with Crippen LogP contribution in [0.3, 0.4) is 0 Å². The summed E-state index contributed by atoms with van der Waals surface area (Å²) < 4.78 is 14.3. The molecule has 1 aliphatic heterocycles. The molecule has 33 heavy (non-hydrogen) atoms. The maximum Gasteiger partial charge on any atom is 0.274 e. The van der Waals surface area contributed by atoms with Crippen molar-refractivity contribution in [3.63, 3.8) is 0 Å². The molecule has 0 saturated carbocycles. The van der Waals surface area contributed by atoms with Crippen molar-refractivity contribution < 1.29 is 14.0 Å². The molecule has 0 aromatic carbocycles. The minimum absolute atomic E-state index is 0.0510. The number of nitrogens with two attached hydrogens (primary N) is 1. The standard InChI is InChI=1S/C19H20FN5OS.C2H5NO.C2H6/c1-11-7-15-17(27-11)16(18(26)25-5-3-4-6-25)24-19(23-15)22-12(2)13-8-14(20)10-21-9-13;1-2(3)4;1-2/h7-10,12H,3-6H2,1-2H3,(H,22,23,24);1H3,(H2,3,4);1-2H3/t12-;;/m0../s1. The summed E-state index contributed by atoms with van der Waals surface area (Å²) in [5, 5.41) is 3.18. The van der Waals surface area contributed by atoms with Gasteiger partial charge in [-0.2, -0.15) is 0 Å². The molecule has 0 radical (unpaired) electrons. The lowest BCUT2D eigenvalue weighted by molar-refractivity contribution is -0.115. The number of likely N-dealkylation sites (tertiary alicyclic amines) is 1. The van der Waals surface area contributed by atoms with Gasteiger partial charge >= 0.3 is 0 Å². The summed E-state index contributed by atoms with van der Waals surface area (Å²) in [7, 11) is 0. The number of pyridine rings is 1. The van der Waals surface area contributed by atoms with Gasteiger partial charge in [0, 0.05) is 31.1 Å². The second-order valence-electron chi connectivity index (χ2n) is 7.38. The van der Waals surface area contributed by atoms with Gasteiger partial charge in [0.1, 0.15) is 5.82 Å². The van der Waals surface area contributed by atoms with Crippen LogP contribution in [0.5, 0.6) is 0 Å². The summed E-state index contributed by atoms with van der Waals surface area (Å²) in [6.07, 6.45) is 4.82. The van der Waals surface area contributed by atoms with Crippen molar-refractivity contribution in [1.29, 1.82) is 0 Å². The first kappa shape index (κ1) is 26.1. The molecule has 4 rings (SSSR count). The Hall–Kier alpha value is -3.14. The van der Waals surface area contributed by atoms with E-state index < -0.39 is 5.82 Å². The number of rotatable bonds is 4. The predicted molar refractivity (Wildman–Crippen MR) is 130 cm³/mol. The Balaban J connectivity index is 0.000000582. The zero-order valence-electron chi connectivity index (χ0n) is 19.7. The molecule has 1 saturated heterocycles. The Morgan fingerprint density at radius 1 is 1.18 bits per heavy atom. The molecule has 3 N–H and O–H groups in total. The Bertz CT molecular complexity index is 1090. The van der Waals surface area contributed by atoms with Gasteiger partial charge in [0.15, 0.2) is 5.69 Å². The van der Waals surface area contributed by atoms with Crippen LogP contribution < -0.4 is 11.1 Å². The molecule has 8 nitrogen and oxygen atoms in total. The number of amides is 2. The summed E-state index contributed by atoms with van der Waals surface area (Å²) in [4.78, 5) is 38.1. The van der Waals surface area contributed by atoms with E-state index in [-0.39, 0.29) is 17.9 Å². The number of carbonyl (C=O) groups excluding carboxylic acids is 2. The van der Waals surface area contributed by atoms with Gasteiger partial charge < -0.3 is 16.0 Å². The van der Waals surface area contributed by atoms with E-state index in [1.54, 1.807) is 6.20 Å². The molecule has 1 aliphatic rings. The van der Waals surface area contributed by atoms with Gasteiger partial charge in [-0.1, -0.05) is 13.8 Å². The third kappa shape index (κ3) is 7.18. The highest BCUT2D eigenvalue weighted by molar-refractivity contribution is 7.19. The van der Waals surface area contributed by atoms with Crippen molar-refractivity contribution >= 4 is 39.3 Å². The number of hydrogen-bond donors (Lipinski definition) is 2. The van der Waals surface area contributed by atoms with Gasteiger partial charge in [-0.25, -0.2) is 14.4 Å². The molecule has 178 valence electrons. The van der Waals surface area contributed by atoms with E-state index >= 15 is 0 Å². The zero-order valence-corrected chi connectivity index (χ0v) is 20.5. The molecule has 0 spiro atoms. The van der Waals surface area contributed by atoms with Crippen LogP contribution in [-0.2, 0) is 4.79 Å². The smallest absolute Gasteiger partial charge is 0.274 e. The predicted octanol–water partition coefficient (Wildman–Crippen LogP) is 4.46. The zero-order chi connectivity index (χ0) is 24.5. The maximum atomic E-state index is 13.4. The molecular formula is C23H31FN6O2S. The van der Waals surface area contributed by atoms with Crippen molar-refractivity contribution in [3.8, 4) is 0 Å². The van der Waals surface area contributed by atoms with Crippen molar-refractivity contribution in [2.24, 2.45) is 5.73 Å². The number of hydrogen-bond acceptors (Lipinski definition) is 7. The molecule has 0 unspecified atom stereocenters. The largest absolute Gasteiger partial charge is 0.370 e. The number of fused-ring (bicyclic) bond motifs is 1. The van der Waals surface area contributed by atoms with Crippen LogP contribution in [0.4, 0.5) is 10.3 Å². The SMILES string of the molecule is CC.CC(N)=O.Cc1cc2nc(N[C@@H](C)c3cncc(F)c3)nc(C(=O)N3CCCC3)c2s1. The van der Waals surface area contributed by atoms with Gasteiger partial charge in [-0.05, 0) is 44.4 Å². The monoisotopic (exact) mass is 474 g/mol. The van der Waals surface area contributed by atoms with Crippen molar-refractivity contribution in [2.45, 2.75) is 53.5 Å². The van der Waals surface area contributed by atoms with E-state index in [0.717, 1.165) is 41.0 Å². The third-order valence-corrected chi connectivity index (χ3v) is 5.71. The molecule has 1 atom stereocenters. The van der Waals surface area contributed by atoms with Gasteiger partial charge in [-0.15, -0.1) is 11.3 Å². The normalized spacial score (nSPS) is 13.5. The molecule has 2 amide bonds. The van der Waals surface area contributed by atoms with Crippen LogP contribution >= 0.6 is 11.3 Å². The second kappa shape index (κ2) is 12.2. The average Bonchev–Trinajstić information content (AvgIpc) is 3.43. The van der Waals surface area contributed by atoms with Crippen molar-refractivity contribution in [3.05, 3.63) is 46.5 Å². The lowest BCUT2D eigenvalue weighted by Gasteiger charge is -2.17. The molecule has 1 fully saturated rings. The highest BCUT2D eigenvalue weighted by atomic mass is 32.1. The number of primary amides is 1. The van der Waals surface area contributed by atoms with E-state index in [0.29, 0.717) is 17.2 Å². The number of nitrogens with one attached hydrogen (secondary N) is 1. The van der Waals surface area contributed by atoms with E-state index in [1.807, 2.05) is 38.7 Å². The number of aromatic nitrogens is 3. The lowest BCUT2D eigenvalue weighted by atomic mass is 10.1. The quantitative estimate of drug-likeness (QED) is 0.577. The highest BCUT2D eigenvalue weighted by Crippen LogP contribution is 2.29. The van der Waals surface area contributed by atoms with Crippen molar-refractivity contribution in [1.82, 2.24) is 19.9 Å². The summed E-state index contributed by atoms with van der Waals surface area (Å²) in [6, 6.07) is 3.14. The minimum atomic E-state index is -0.393. The fourth-order valence-electron chi connectivity index (χ4n) is 3.27. The first-order valence-electron chi connectivity index (χ1n) is 10.9. The molecular weight excluding hydrogens is 443 g/mol. The average molecular weight is 475 g/mol. The molecule has 3 aromatic rings. The number of halogens is 1. The van der Waals surface area contributed by atoms with E-state index in [4.69, 9.17) is 0 Å². The number of carbonyl (C=O) groups is 2. The molecule has 0 aliphatic carbocycles. The Morgan fingerprint density at radius 2 is 1.82 bits per heavy atom. The van der Waals surface area contributed by atoms with Gasteiger partial charge in [-0.3, -0.25) is 14.6 Å². The maximum absolute atomic E-state index is 13.4. The topological polar surface area (TPSA) is 114 Å². The summed E-state index contributed by atoms with van der Waals surface area (Å²) in [5.74, 6) is -0.416. The van der Waals surface area contributed by atoms with Gasteiger partial charge in [0.2, 0.25) is 11.9 Å². The second-order valence-corrected chi connectivity index (χ2v) is 8.64. The van der Waals surface area contributed by atoms with Crippen LogP contribution in [0.1, 0.15) is 67.5 Å². The fourth-order valence-corrected chi connectivity index (χ4v) is 4.20. The van der Waals surface area contributed by atoms with Crippen molar-refractivity contribution in [2.75, 3.05) is 18.4 Å². The first-order chi connectivity index (χ1) is 15.7. The Morgan fingerprint density at radius 3 is 2.42 bits per heavy atom. The molecule has 0 bridgehead atoms. The molecule has 3 aromatic heterocycles. The number of aryl methyl sites for hydroxylation is 1. The number of thiophene rings is 1. The number of nitrogens with zero attached hydrogens (tertiary/aromatic N) is 4. The summed E-state index contributed by atoms with van der Waals surface area (Å²) in [5.41, 5.74) is 6.35. The lowest BCUT2D eigenvalue weighted by Crippen LogP contribution is -2.28. The summed E-state index contributed by atoms with van der Waals surface area (Å²) in [6.45, 7) is 10.7. The fraction of sp³-hybridized carbons (Fsp3) is 0.435. The van der Waals surface area contributed by atoms with Crippen LogP contribution in [0, 0.1) is 12.7 Å². The van der Waals surface area contributed by atoms with E-state index in [2.05, 4.69) is 26.0 Å². The number of anilines is 1.